The first kappa shape index (κ1) is 14.3. The maximum Gasteiger partial charge on any atom is 0.268 e. The molecule has 2 aliphatic rings. The Morgan fingerprint density at radius 2 is 1.96 bits per heavy atom. The lowest BCUT2D eigenvalue weighted by atomic mass is 9.90. The Labute approximate surface area is 135 Å². The van der Waals surface area contributed by atoms with Gasteiger partial charge in [0.15, 0.2) is 6.10 Å². The lowest BCUT2D eigenvalue weighted by molar-refractivity contribution is -0.125. The van der Waals surface area contributed by atoms with E-state index in [1.165, 1.54) is 24.0 Å². The van der Waals surface area contributed by atoms with Gasteiger partial charge in [0, 0.05) is 6.07 Å². The van der Waals surface area contributed by atoms with Crippen molar-refractivity contribution in [1.82, 2.24) is 5.16 Å². The number of carbonyl (C=O) groups is 1. The van der Waals surface area contributed by atoms with Crippen molar-refractivity contribution >= 4 is 11.6 Å². The fraction of sp³-hybridized carbons (Fsp3) is 0.444. The summed E-state index contributed by atoms with van der Waals surface area (Å²) in [5, 5.41) is 4.02. The fourth-order valence-corrected chi connectivity index (χ4v) is 3.45. The van der Waals surface area contributed by atoms with E-state index in [4.69, 9.17) is 9.26 Å². The Kier molecular flexibility index (Phi) is 3.36. The van der Waals surface area contributed by atoms with Gasteiger partial charge >= 0.3 is 0 Å². The molecule has 0 bridgehead atoms. The molecule has 1 unspecified atom stereocenters. The van der Waals surface area contributed by atoms with Crippen LogP contribution in [-0.2, 0) is 24.2 Å². The van der Waals surface area contributed by atoms with E-state index in [9.17, 15) is 4.79 Å². The largest absolute Gasteiger partial charge is 0.479 e. The minimum atomic E-state index is -0.475. The average Bonchev–Trinajstić information content (AvgIpc) is 2.95. The number of fused-ring (bicyclic) bond motifs is 2. The molecule has 23 heavy (non-hydrogen) atoms. The lowest BCUT2D eigenvalue weighted by Crippen LogP contribution is -2.44. The summed E-state index contributed by atoms with van der Waals surface area (Å²) in [4.78, 5) is 14.4. The van der Waals surface area contributed by atoms with Crippen molar-refractivity contribution in [1.29, 1.82) is 0 Å². The van der Waals surface area contributed by atoms with Crippen molar-refractivity contribution < 1.29 is 14.1 Å². The maximum atomic E-state index is 12.6. The topological polar surface area (TPSA) is 55.6 Å². The van der Waals surface area contributed by atoms with E-state index >= 15 is 0 Å². The molecule has 1 atom stereocenters. The third kappa shape index (κ3) is 2.50. The van der Waals surface area contributed by atoms with Gasteiger partial charge in [0.1, 0.15) is 17.2 Å². The number of benzene rings is 1. The van der Waals surface area contributed by atoms with Crippen LogP contribution in [0.4, 0.5) is 5.69 Å². The highest BCUT2D eigenvalue weighted by atomic mass is 16.5. The predicted octanol–water partition coefficient (Wildman–Crippen LogP) is 3.18. The van der Waals surface area contributed by atoms with E-state index in [1.54, 1.807) is 11.8 Å². The third-order valence-corrected chi connectivity index (χ3v) is 4.63. The molecule has 5 heteroatoms. The summed E-state index contributed by atoms with van der Waals surface area (Å²) < 4.78 is 11.0. The first-order valence-corrected chi connectivity index (χ1v) is 8.18. The van der Waals surface area contributed by atoms with Gasteiger partial charge in [-0.15, -0.1) is 0 Å². The molecule has 1 aromatic carbocycles. The molecule has 1 aromatic heterocycles. The highest BCUT2D eigenvalue weighted by Crippen LogP contribution is 2.39. The van der Waals surface area contributed by atoms with Crippen LogP contribution in [-0.4, -0.2) is 17.2 Å². The van der Waals surface area contributed by atoms with Gasteiger partial charge in [-0.1, -0.05) is 5.16 Å². The van der Waals surface area contributed by atoms with Crippen LogP contribution in [0.2, 0.25) is 0 Å². The molecule has 1 amide bonds. The minimum absolute atomic E-state index is 0.0334. The molecule has 1 aliphatic carbocycles. The molecule has 2 aromatic rings. The average molecular weight is 312 g/mol. The van der Waals surface area contributed by atoms with Gasteiger partial charge in [-0.05, 0) is 62.8 Å². The zero-order valence-corrected chi connectivity index (χ0v) is 13.5. The van der Waals surface area contributed by atoms with Crippen LogP contribution in [0.15, 0.2) is 22.7 Å². The minimum Gasteiger partial charge on any atom is -0.479 e. The molecular formula is C18H20N2O3. The van der Waals surface area contributed by atoms with E-state index in [2.05, 4.69) is 17.3 Å². The second-order valence-electron chi connectivity index (χ2n) is 6.41. The quantitative estimate of drug-likeness (QED) is 0.854. The molecule has 0 N–H and O–H groups in total. The van der Waals surface area contributed by atoms with Crippen LogP contribution < -0.4 is 9.64 Å². The van der Waals surface area contributed by atoms with E-state index in [1.807, 2.05) is 13.0 Å². The number of aryl methyl sites for hydroxylation is 3. The Bertz CT molecular complexity index is 766. The zero-order valence-electron chi connectivity index (χ0n) is 13.5. The lowest BCUT2D eigenvalue weighted by Gasteiger charge is -2.34. The van der Waals surface area contributed by atoms with E-state index in [0.717, 1.165) is 35.7 Å². The van der Waals surface area contributed by atoms with Crippen molar-refractivity contribution in [2.75, 3.05) is 4.90 Å². The number of ether oxygens (including phenoxy) is 1. The smallest absolute Gasteiger partial charge is 0.268 e. The number of rotatable bonds is 2. The number of amides is 1. The zero-order chi connectivity index (χ0) is 16.0. The number of carbonyl (C=O) groups excluding carboxylic acids is 1. The Hall–Kier alpha value is -2.30. The third-order valence-electron chi connectivity index (χ3n) is 4.63. The number of aromatic nitrogens is 1. The molecule has 0 saturated carbocycles. The molecule has 1 aliphatic heterocycles. The molecule has 0 saturated heterocycles. The highest BCUT2D eigenvalue weighted by Gasteiger charge is 2.33. The number of hydrogen-bond acceptors (Lipinski definition) is 4. The summed E-state index contributed by atoms with van der Waals surface area (Å²) in [6.45, 7) is 4.06. The first-order chi connectivity index (χ1) is 11.1. The summed E-state index contributed by atoms with van der Waals surface area (Å²) in [7, 11) is 0. The maximum absolute atomic E-state index is 12.6. The van der Waals surface area contributed by atoms with Gasteiger partial charge in [-0.3, -0.25) is 9.69 Å². The van der Waals surface area contributed by atoms with Crippen LogP contribution in [0.3, 0.4) is 0 Å². The molecule has 0 spiro atoms. The highest BCUT2D eigenvalue weighted by molar-refractivity contribution is 5.99. The van der Waals surface area contributed by atoms with Crippen LogP contribution in [0.5, 0.6) is 5.75 Å². The Morgan fingerprint density at radius 1 is 1.22 bits per heavy atom. The molecule has 120 valence electrons. The monoisotopic (exact) mass is 312 g/mol. The van der Waals surface area contributed by atoms with Crippen molar-refractivity contribution in [3.05, 3.63) is 40.8 Å². The standard InChI is InChI=1S/C18H20N2O3/c1-11-7-15(19-23-11)10-20-16-8-13-5-3-4-6-14(13)9-17(16)22-12(2)18(20)21/h7-9,12H,3-6,10H2,1-2H3. The Balaban J connectivity index is 1.75. The number of nitrogens with zero attached hydrogens (tertiary/aromatic N) is 2. The summed E-state index contributed by atoms with van der Waals surface area (Å²) in [5.74, 6) is 1.52. The van der Waals surface area contributed by atoms with Gasteiger partial charge in [0.2, 0.25) is 0 Å². The molecule has 0 radical (unpaired) electrons. The summed E-state index contributed by atoms with van der Waals surface area (Å²) in [5.41, 5.74) is 4.30. The normalized spacial score (nSPS) is 20.0. The van der Waals surface area contributed by atoms with Gasteiger partial charge in [0.05, 0.1) is 12.2 Å². The second kappa shape index (κ2) is 5.41. The first-order valence-electron chi connectivity index (χ1n) is 8.18. The Morgan fingerprint density at radius 3 is 2.65 bits per heavy atom. The molecular weight excluding hydrogens is 292 g/mol. The SMILES string of the molecule is Cc1cc(CN2C(=O)C(C)Oc3cc4c(cc32)CCCC4)no1. The summed E-state index contributed by atoms with van der Waals surface area (Å²) in [6.07, 6.45) is 4.12. The molecule has 5 nitrogen and oxygen atoms in total. The summed E-state index contributed by atoms with van der Waals surface area (Å²) >= 11 is 0. The van der Waals surface area contributed by atoms with Crippen LogP contribution in [0.1, 0.15) is 42.3 Å². The van der Waals surface area contributed by atoms with Crippen LogP contribution in [0, 0.1) is 6.92 Å². The van der Waals surface area contributed by atoms with Gasteiger partial charge in [-0.25, -0.2) is 0 Å². The number of anilines is 1. The summed E-state index contributed by atoms with van der Waals surface area (Å²) in [6, 6.07) is 6.11. The van der Waals surface area contributed by atoms with E-state index < -0.39 is 6.10 Å². The van der Waals surface area contributed by atoms with Crippen LogP contribution >= 0.6 is 0 Å². The van der Waals surface area contributed by atoms with Gasteiger partial charge < -0.3 is 9.26 Å². The van der Waals surface area contributed by atoms with Gasteiger partial charge in [-0.2, -0.15) is 0 Å². The van der Waals surface area contributed by atoms with E-state index in [-0.39, 0.29) is 5.91 Å². The predicted molar refractivity (Wildman–Crippen MR) is 85.6 cm³/mol. The fourth-order valence-electron chi connectivity index (χ4n) is 3.45. The molecule has 0 fully saturated rings. The molecule has 2 heterocycles. The van der Waals surface area contributed by atoms with Crippen molar-refractivity contribution in [2.24, 2.45) is 0 Å². The van der Waals surface area contributed by atoms with Gasteiger partial charge in [0.25, 0.3) is 5.91 Å². The van der Waals surface area contributed by atoms with Crippen LogP contribution in [0.25, 0.3) is 0 Å². The number of hydrogen-bond donors (Lipinski definition) is 0. The van der Waals surface area contributed by atoms with Crippen molar-refractivity contribution in [3.63, 3.8) is 0 Å². The van der Waals surface area contributed by atoms with Crippen molar-refractivity contribution in [2.45, 2.75) is 52.2 Å². The second-order valence-corrected chi connectivity index (χ2v) is 6.41. The van der Waals surface area contributed by atoms with Crippen molar-refractivity contribution in [3.8, 4) is 5.75 Å². The molecule has 4 rings (SSSR count). The van der Waals surface area contributed by atoms with E-state index in [0.29, 0.717) is 6.54 Å².